The maximum absolute atomic E-state index is 13.3. The van der Waals surface area contributed by atoms with Crippen LogP contribution in [0.2, 0.25) is 0 Å². The second kappa shape index (κ2) is 9.30. The molecule has 0 radical (unpaired) electrons. The number of halogens is 3. The monoisotopic (exact) mass is 445 g/mol. The van der Waals surface area contributed by atoms with Crippen LogP contribution in [-0.4, -0.2) is 26.9 Å². The molecule has 1 aromatic heterocycles. The summed E-state index contributed by atoms with van der Waals surface area (Å²) in [7, 11) is 0. The van der Waals surface area contributed by atoms with Crippen LogP contribution >= 0.6 is 11.8 Å². The van der Waals surface area contributed by atoms with Crippen LogP contribution in [0, 0.1) is 0 Å². The molecule has 0 aliphatic rings. The number of alkyl halides is 3. The molecule has 31 heavy (non-hydrogen) atoms. The maximum atomic E-state index is 13.3. The predicted molar refractivity (Wildman–Crippen MR) is 113 cm³/mol. The summed E-state index contributed by atoms with van der Waals surface area (Å²) < 4.78 is 40.0. The van der Waals surface area contributed by atoms with E-state index in [1.807, 2.05) is 0 Å². The van der Waals surface area contributed by atoms with Crippen molar-refractivity contribution in [3.05, 3.63) is 71.9 Å². The molecule has 3 aromatic rings. The van der Waals surface area contributed by atoms with Crippen LogP contribution in [0.25, 0.3) is 11.3 Å². The highest BCUT2D eigenvalue weighted by molar-refractivity contribution is 8.00. The van der Waals surface area contributed by atoms with Gasteiger partial charge in [0.1, 0.15) is 5.69 Å². The lowest BCUT2D eigenvalue weighted by molar-refractivity contribution is -0.141. The van der Waals surface area contributed by atoms with E-state index in [1.54, 1.807) is 61.5 Å². The van der Waals surface area contributed by atoms with Gasteiger partial charge < -0.3 is 5.32 Å². The number of hydrogen-bond acceptors (Lipinski definition) is 5. The van der Waals surface area contributed by atoms with Crippen molar-refractivity contribution in [3.63, 3.8) is 0 Å². The van der Waals surface area contributed by atoms with E-state index in [-0.39, 0.29) is 16.6 Å². The normalized spacial score (nSPS) is 12.3. The third-order valence-corrected chi connectivity index (χ3v) is 5.24. The number of hydrogen-bond donors (Lipinski definition) is 1. The van der Waals surface area contributed by atoms with E-state index >= 15 is 0 Å². The van der Waals surface area contributed by atoms with Crippen molar-refractivity contribution in [2.45, 2.75) is 30.4 Å². The molecule has 0 aliphatic carbocycles. The van der Waals surface area contributed by atoms with Crippen LogP contribution in [0.3, 0.4) is 0 Å². The molecule has 0 aliphatic heterocycles. The van der Waals surface area contributed by atoms with Crippen molar-refractivity contribution in [1.82, 2.24) is 9.97 Å². The van der Waals surface area contributed by atoms with Gasteiger partial charge in [-0.15, -0.1) is 0 Å². The van der Waals surface area contributed by atoms with Crippen LogP contribution < -0.4 is 5.32 Å². The number of benzene rings is 2. The number of aromatic nitrogens is 2. The van der Waals surface area contributed by atoms with Gasteiger partial charge in [0.2, 0.25) is 5.91 Å². The van der Waals surface area contributed by atoms with Gasteiger partial charge >= 0.3 is 6.18 Å². The summed E-state index contributed by atoms with van der Waals surface area (Å²) in [4.78, 5) is 31.6. The SMILES string of the molecule is CC(=O)c1ccc(NC(=O)[C@H](C)Sc2nc(-c3ccccc3)cc(C(F)(F)F)n2)cc1. The highest BCUT2D eigenvalue weighted by Gasteiger charge is 2.34. The van der Waals surface area contributed by atoms with Crippen molar-refractivity contribution in [2.75, 3.05) is 5.32 Å². The quantitative estimate of drug-likeness (QED) is 0.309. The minimum atomic E-state index is -4.65. The van der Waals surface area contributed by atoms with E-state index in [1.165, 1.54) is 6.92 Å². The predicted octanol–water partition coefficient (Wildman–Crippen LogP) is 5.48. The lowest BCUT2D eigenvalue weighted by Gasteiger charge is -2.14. The fourth-order valence-electron chi connectivity index (χ4n) is 2.62. The summed E-state index contributed by atoms with van der Waals surface area (Å²) in [6.45, 7) is 2.99. The lowest BCUT2D eigenvalue weighted by Crippen LogP contribution is -2.23. The summed E-state index contributed by atoms with van der Waals surface area (Å²) >= 11 is 0.830. The van der Waals surface area contributed by atoms with Crippen molar-refractivity contribution >= 4 is 29.1 Å². The Morgan fingerprint density at radius 1 is 1.00 bits per heavy atom. The third-order valence-electron chi connectivity index (χ3n) is 4.28. The van der Waals surface area contributed by atoms with Gasteiger partial charge in [-0.1, -0.05) is 42.1 Å². The first-order chi connectivity index (χ1) is 14.6. The second-order valence-electron chi connectivity index (χ2n) is 6.67. The highest BCUT2D eigenvalue weighted by atomic mass is 32.2. The standard InChI is InChI=1S/C22H18F3N3O2S/c1-13(29)15-8-10-17(11-9-15)26-20(30)14(2)31-21-27-18(16-6-4-3-5-7-16)12-19(28-21)22(23,24)25/h3-12,14H,1-2H3,(H,26,30)/t14-/m0/s1. The number of rotatable bonds is 6. The van der Waals surface area contributed by atoms with E-state index in [2.05, 4.69) is 15.3 Å². The molecule has 1 amide bonds. The van der Waals surface area contributed by atoms with E-state index in [0.717, 1.165) is 17.8 Å². The highest BCUT2D eigenvalue weighted by Crippen LogP contribution is 2.33. The number of Topliss-reactive ketones (excluding diaryl/α,β-unsaturated/α-hetero) is 1. The van der Waals surface area contributed by atoms with E-state index < -0.39 is 23.0 Å². The van der Waals surface area contributed by atoms with Crippen molar-refractivity contribution in [1.29, 1.82) is 0 Å². The number of anilines is 1. The Labute approximate surface area is 181 Å². The van der Waals surface area contributed by atoms with Crippen molar-refractivity contribution in [3.8, 4) is 11.3 Å². The number of ketones is 1. The molecule has 1 atom stereocenters. The molecule has 2 aromatic carbocycles. The molecular weight excluding hydrogens is 427 g/mol. The smallest absolute Gasteiger partial charge is 0.325 e. The van der Waals surface area contributed by atoms with Crippen molar-refractivity contribution < 1.29 is 22.8 Å². The summed E-state index contributed by atoms with van der Waals surface area (Å²) in [6.07, 6.45) is -4.65. The molecule has 1 heterocycles. The Hall–Kier alpha value is -3.20. The fourth-order valence-corrected chi connectivity index (χ4v) is 3.41. The van der Waals surface area contributed by atoms with E-state index in [4.69, 9.17) is 0 Å². The van der Waals surface area contributed by atoms with Gasteiger partial charge in [-0.3, -0.25) is 9.59 Å². The fraction of sp³-hybridized carbons (Fsp3) is 0.182. The summed E-state index contributed by atoms with van der Waals surface area (Å²) in [5.41, 5.74) is 0.540. The van der Waals surface area contributed by atoms with Crippen LogP contribution in [0.15, 0.2) is 65.8 Å². The first-order valence-corrected chi connectivity index (χ1v) is 10.1. The van der Waals surface area contributed by atoms with Gasteiger partial charge in [-0.2, -0.15) is 13.2 Å². The van der Waals surface area contributed by atoms with Gasteiger partial charge in [-0.05, 0) is 44.2 Å². The Morgan fingerprint density at radius 2 is 1.65 bits per heavy atom. The average molecular weight is 445 g/mol. The molecule has 1 N–H and O–H groups in total. The molecule has 3 rings (SSSR count). The summed E-state index contributed by atoms with van der Waals surface area (Å²) in [5, 5.41) is 1.76. The Morgan fingerprint density at radius 3 is 2.23 bits per heavy atom. The number of carbonyl (C=O) groups excluding carboxylic acids is 2. The first kappa shape index (κ1) is 22.5. The minimum absolute atomic E-state index is 0.0993. The topological polar surface area (TPSA) is 72.0 Å². The van der Waals surface area contributed by atoms with Gasteiger partial charge in [-0.25, -0.2) is 9.97 Å². The first-order valence-electron chi connectivity index (χ1n) is 9.23. The molecule has 5 nitrogen and oxygen atoms in total. The zero-order valence-electron chi connectivity index (χ0n) is 16.6. The Bertz CT molecular complexity index is 1090. The number of thioether (sulfide) groups is 1. The van der Waals surface area contributed by atoms with Crippen LogP contribution in [0.1, 0.15) is 29.9 Å². The van der Waals surface area contributed by atoms with Gasteiger partial charge in [0.15, 0.2) is 10.9 Å². The van der Waals surface area contributed by atoms with E-state index in [0.29, 0.717) is 16.8 Å². The summed E-state index contributed by atoms with van der Waals surface area (Å²) in [6, 6.07) is 15.7. The average Bonchev–Trinajstić information content (AvgIpc) is 2.74. The number of carbonyl (C=O) groups is 2. The van der Waals surface area contributed by atoms with Crippen LogP contribution in [0.4, 0.5) is 18.9 Å². The zero-order chi connectivity index (χ0) is 22.6. The van der Waals surface area contributed by atoms with Crippen LogP contribution in [0.5, 0.6) is 0 Å². The largest absolute Gasteiger partial charge is 0.433 e. The Kier molecular flexibility index (Phi) is 6.74. The van der Waals surface area contributed by atoms with Crippen molar-refractivity contribution in [2.24, 2.45) is 0 Å². The molecule has 160 valence electrons. The molecular formula is C22H18F3N3O2S. The lowest BCUT2D eigenvalue weighted by atomic mass is 10.1. The van der Waals surface area contributed by atoms with Gasteiger partial charge in [0.25, 0.3) is 0 Å². The minimum Gasteiger partial charge on any atom is -0.325 e. The van der Waals surface area contributed by atoms with E-state index in [9.17, 15) is 22.8 Å². The molecule has 0 spiro atoms. The molecule has 0 saturated carbocycles. The molecule has 0 fully saturated rings. The molecule has 0 saturated heterocycles. The molecule has 9 heteroatoms. The maximum Gasteiger partial charge on any atom is 0.433 e. The zero-order valence-corrected chi connectivity index (χ0v) is 17.4. The van der Waals surface area contributed by atoms with Crippen LogP contribution in [-0.2, 0) is 11.0 Å². The molecule has 0 unspecified atom stereocenters. The van der Waals surface area contributed by atoms with Gasteiger partial charge in [0, 0.05) is 16.8 Å². The number of amides is 1. The molecule has 0 bridgehead atoms. The number of nitrogens with zero attached hydrogens (tertiary/aromatic N) is 2. The second-order valence-corrected chi connectivity index (χ2v) is 7.98. The summed E-state index contributed by atoms with van der Waals surface area (Å²) in [5.74, 6) is -0.527. The number of nitrogens with one attached hydrogen (secondary N) is 1. The third kappa shape index (κ3) is 5.91. The Balaban J connectivity index is 1.80. The van der Waals surface area contributed by atoms with Gasteiger partial charge in [0.05, 0.1) is 10.9 Å².